The Kier molecular flexibility index (Phi) is 5.00. The lowest BCUT2D eigenvalue weighted by Gasteiger charge is -2.29. The van der Waals surface area contributed by atoms with E-state index in [0.29, 0.717) is 25.0 Å². The second kappa shape index (κ2) is 6.74. The number of benzene rings is 1. The summed E-state index contributed by atoms with van der Waals surface area (Å²) < 4.78 is 18.5. The fourth-order valence-electron chi connectivity index (χ4n) is 2.74. The molecule has 1 fully saturated rings. The molecular formula is C15H22FNO. The minimum atomic E-state index is -0.231. The van der Waals surface area contributed by atoms with Gasteiger partial charge in [0.1, 0.15) is 11.6 Å². The van der Waals surface area contributed by atoms with Gasteiger partial charge in [-0.3, -0.25) is 0 Å². The number of halogens is 1. The van der Waals surface area contributed by atoms with Crippen molar-refractivity contribution in [2.75, 3.05) is 13.2 Å². The molecule has 1 aliphatic rings. The fraction of sp³-hybridized carbons (Fsp3) is 0.600. The zero-order valence-corrected chi connectivity index (χ0v) is 10.8. The first-order valence-corrected chi connectivity index (χ1v) is 6.88. The predicted molar refractivity (Wildman–Crippen MR) is 71.0 cm³/mol. The Morgan fingerprint density at radius 1 is 1.17 bits per heavy atom. The van der Waals surface area contributed by atoms with Crippen LogP contribution < -0.4 is 10.5 Å². The number of rotatable bonds is 5. The highest BCUT2D eigenvalue weighted by Crippen LogP contribution is 2.30. The van der Waals surface area contributed by atoms with Crippen LogP contribution in [0.4, 0.5) is 4.39 Å². The summed E-state index contributed by atoms with van der Waals surface area (Å²) in [6, 6.07) is 6.19. The lowest BCUT2D eigenvalue weighted by molar-refractivity contribution is 0.167. The van der Waals surface area contributed by atoms with Crippen molar-refractivity contribution in [2.45, 2.75) is 32.1 Å². The molecule has 0 aromatic heterocycles. The van der Waals surface area contributed by atoms with E-state index in [4.69, 9.17) is 10.5 Å². The molecule has 0 heterocycles. The summed E-state index contributed by atoms with van der Waals surface area (Å²) in [6.07, 6.45) is 6.53. The maximum atomic E-state index is 12.8. The van der Waals surface area contributed by atoms with Crippen molar-refractivity contribution in [3.05, 3.63) is 30.1 Å². The first-order chi connectivity index (χ1) is 8.79. The third-order valence-corrected chi connectivity index (χ3v) is 3.90. The van der Waals surface area contributed by atoms with Gasteiger partial charge in [0, 0.05) is 5.92 Å². The summed E-state index contributed by atoms with van der Waals surface area (Å²) in [5, 5.41) is 0. The summed E-state index contributed by atoms with van der Waals surface area (Å²) in [5.41, 5.74) is 5.85. The van der Waals surface area contributed by atoms with Crippen molar-refractivity contribution in [3.8, 4) is 5.75 Å². The molecule has 1 aliphatic carbocycles. The van der Waals surface area contributed by atoms with Gasteiger partial charge in [0.25, 0.3) is 0 Å². The van der Waals surface area contributed by atoms with Crippen LogP contribution in [-0.2, 0) is 0 Å². The van der Waals surface area contributed by atoms with E-state index in [1.807, 2.05) is 0 Å². The van der Waals surface area contributed by atoms with Crippen LogP contribution in [0.3, 0.4) is 0 Å². The maximum absolute atomic E-state index is 12.8. The van der Waals surface area contributed by atoms with Crippen LogP contribution in [-0.4, -0.2) is 13.2 Å². The Morgan fingerprint density at radius 3 is 2.44 bits per heavy atom. The van der Waals surface area contributed by atoms with Gasteiger partial charge in [-0.2, -0.15) is 0 Å². The molecular weight excluding hydrogens is 229 g/mol. The monoisotopic (exact) mass is 251 g/mol. The number of nitrogens with two attached hydrogens (primary N) is 1. The van der Waals surface area contributed by atoms with E-state index >= 15 is 0 Å². The zero-order valence-electron chi connectivity index (χ0n) is 10.8. The zero-order chi connectivity index (χ0) is 12.8. The van der Waals surface area contributed by atoms with Crippen molar-refractivity contribution < 1.29 is 9.13 Å². The quantitative estimate of drug-likeness (QED) is 0.871. The lowest BCUT2D eigenvalue weighted by Crippen LogP contribution is -2.30. The average molecular weight is 251 g/mol. The van der Waals surface area contributed by atoms with Crippen molar-refractivity contribution in [2.24, 2.45) is 17.6 Å². The normalized spacial score (nSPS) is 18.6. The summed E-state index contributed by atoms with van der Waals surface area (Å²) in [7, 11) is 0. The van der Waals surface area contributed by atoms with Gasteiger partial charge >= 0.3 is 0 Å². The SMILES string of the molecule is NCC(COc1ccc(F)cc1)C1CCCCC1. The Labute approximate surface area is 108 Å². The van der Waals surface area contributed by atoms with Crippen LogP contribution in [0.2, 0.25) is 0 Å². The predicted octanol–water partition coefficient (Wildman–Crippen LogP) is 3.36. The molecule has 0 spiro atoms. The van der Waals surface area contributed by atoms with Crippen molar-refractivity contribution in [1.82, 2.24) is 0 Å². The molecule has 0 aliphatic heterocycles. The van der Waals surface area contributed by atoms with Crippen LogP contribution in [0, 0.1) is 17.7 Å². The molecule has 2 N–H and O–H groups in total. The molecule has 1 aromatic carbocycles. The second-order valence-corrected chi connectivity index (χ2v) is 5.16. The summed E-state index contributed by atoms with van der Waals surface area (Å²) in [4.78, 5) is 0. The molecule has 1 unspecified atom stereocenters. The molecule has 1 saturated carbocycles. The number of hydrogen-bond donors (Lipinski definition) is 1. The standard InChI is InChI=1S/C15H22FNO/c16-14-6-8-15(9-7-14)18-11-13(10-17)12-4-2-1-3-5-12/h6-9,12-13H,1-5,10-11,17H2. The van der Waals surface area contributed by atoms with Crippen LogP contribution in [0.25, 0.3) is 0 Å². The summed E-state index contributed by atoms with van der Waals surface area (Å²) >= 11 is 0. The third-order valence-electron chi connectivity index (χ3n) is 3.90. The van der Waals surface area contributed by atoms with Gasteiger partial charge in [0.2, 0.25) is 0 Å². The highest BCUT2D eigenvalue weighted by Gasteiger charge is 2.23. The molecule has 100 valence electrons. The largest absolute Gasteiger partial charge is 0.493 e. The van der Waals surface area contributed by atoms with E-state index < -0.39 is 0 Å². The van der Waals surface area contributed by atoms with Crippen LogP contribution in [0.5, 0.6) is 5.75 Å². The van der Waals surface area contributed by atoms with Gasteiger partial charge in [-0.15, -0.1) is 0 Å². The summed E-state index contributed by atoms with van der Waals surface area (Å²) in [6.45, 7) is 1.32. The molecule has 1 atom stereocenters. The Hall–Kier alpha value is -1.09. The Balaban J connectivity index is 1.84. The van der Waals surface area contributed by atoms with E-state index in [2.05, 4.69) is 0 Å². The topological polar surface area (TPSA) is 35.2 Å². The minimum absolute atomic E-state index is 0.231. The minimum Gasteiger partial charge on any atom is -0.493 e. The van der Waals surface area contributed by atoms with Gasteiger partial charge in [0.05, 0.1) is 6.61 Å². The highest BCUT2D eigenvalue weighted by atomic mass is 19.1. The second-order valence-electron chi connectivity index (χ2n) is 5.16. The van der Waals surface area contributed by atoms with Crippen molar-refractivity contribution >= 4 is 0 Å². The van der Waals surface area contributed by atoms with Gasteiger partial charge in [0.15, 0.2) is 0 Å². The molecule has 3 heteroatoms. The molecule has 0 amide bonds. The lowest BCUT2D eigenvalue weighted by atomic mass is 9.80. The maximum Gasteiger partial charge on any atom is 0.123 e. The van der Waals surface area contributed by atoms with Gasteiger partial charge in [-0.05, 0) is 36.7 Å². The molecule has 2 rings (SSSR count). The van der Waals surface area contributed by atoms with Gasteiger partial charge in [-0.25, -0.2) is 4.39 Å². The molecule has 2 nitrogen and oxygen atoms in total. The van der Waals surface area contributed by atoms with Crippen LogP contribution in [0.1, 0.15) is 32.1 Å². The fourth-order valence-corrected chi connectivity index (χ4v) is 2.74. The van der Waals surface area contributed by atoms with E-state index in [1.54, 1.807) is 12.1 Å². The molecule has 0 radical (unpaired) electrons. The van der Waals surface area contributed by atoms with Crippen LogP contribution >= 0.6 is 0 Å². The smallest absolute Gasteiger partial charge is 0.123 e. The first kappa shape index (κ1) is 13.3. The number of ether oxygens (including phenoxy) is 1. The van der Waals surface area contributed by atoms with Gasteiger partial charge < -0.3 is 10.5 Å². The third kappa shape index (κ3) is 3.70. The van der Waals surface area contributed by atoms with E-state index in [9.17, 15) is 4.39 Å². The van der Waals surface area contributed by atoms with Crippen LogP contribution in [0.15, 0.2) is 24.3 Å². The average Bonchev–Trinajstić information content (AvgIpc) is 2.43. The molecule has 1 aromatic rings. The van der Waals surface area contributed by atoms with E-state index in [1.165, 1.54) is 44.2 Å². The highest BCUT2D eigenvalue weighted by molar-refractivity contribution is 5.22. The van der Waals surface area contributed by atoms with E-state index in [0.717, 1.165) is 5.75 Å². The Bertz CT molecular complexity index is 346. The molecule has 18 heavy (non-hydrogen) atoms. The molecule has 0 saturated heterocycles. The van der Waals surface area contributed by atoms with Gasteiger partial charge in [-0.1, -0.05) is 32.1 Å². The summed E-state index contributed by atoms with van der Waals surface area (Å²) in [5.74, 6) is 1.62. The van der Waals surface area contributed by atoms with E-state index in [-0.39, 0.29) is 5.82 Å². The first-order valence-electron chi connectivity index (χ1n) is 6.88. The molecule has 0 bridgehead atoms. The Morgan fingerprint density at radius 2 is 1.83 bits per heavy atom. The number of hydrogen-bond acceptors (Lipinski definition) is 2. The van der Waals surface area contributed by atoms with Crippen molar-refractivity contribution in [1.29, 1.82) is 0 Å². The van der Waals surface area contributed by atoms with Crippen molar-refractivity contribution in [3.63, 3.8) is 0 Å².